The number of likely N-dealkylation sites (tertiary alicyclic amines) is 1. The minimum atomic E-state index is -0.101. The molecule has 1 N–H and O–H groups in total. The number of aromatic nitrogens is 3. The number of carbonyl (C=O) groups excluding carboxylic acids is 1. The van der Waals surface area contributed by atoms with Gasteiger partial charge in [0.2, 0.25) is 12.7 Å². The van der Waals surface area contributed by atoms with Crippen LogP contribution in [0.15, 0.2) is 18.2 Å². The second kappa shape index (κ2) is 7.56. The molecule has 3 heterocycles. The van der Waals surface area contributed by atoms with Crippen LogP contribution in [0.3, 0.4) is 0 Å². The van der Waals surface area contributed by atoms with Crippen molar-refractivity contribution in [3.05, 3.63) is 35.4 Å². The lowest BCUT2D eigenvalue weighted by atomic mass is 9.93. The molecule has 1 aromatic carbocycles. The molecule has 2 aromatic rings. The largest absolute Gasteiger partial charge is 0.454 e. The number of carbonyl (C=O) groups is 1. The number of hydrogen-bond acceptors (Lipinski definition) is 6. The number of aliphatic hydroxyl groups excluding tert-OH is 1. The van der Waals surface area contributed by atoms with Crippen LogP contribution in [0.25, 0.3) is 0 Å². The van der Waals surface area contributed by atoms with Crippen LogP contribution in [0, 0.1) is 5.92 Å². The molecular weight excluding hydrogens is 348 g/mol. The Balaban J connectivity index is 1.29. The maximum absolute atomic E-state index is 12.6. The molecule has 2 aliphatic rings. The highest BCUT2D eigenvalue weighted by atomic mass is 16.7. The summed E-state index contributed by atoms with van der Waals surface area (Å²) in [5, 5.41) is 17.4. The van der Waals surface area contributed by atoms with Crippen molar-refractivity contribution in [1.29, 1.82) is 0 Å². The SMILES string of the molecule is Cn1c(CO)nnc1CC1CCN(C(=O)Cc2ccc3c(c2)OCO3)CC1. The maximum atomic E-state index is 12.6. The molecule has 0 radical (unpaired) electrons. The van der Waals surface area contributed by atoms with E-state index in [1.54, 1.807) is 0 Å². The zero-order valence-corrected chi connectivity index (χ0v) is 15.4. The van der Waals surface area contributed by atoms with Crippen LogP contribution in [0.4, 0.5) is 0 Å². The number of hydrogen-bond donors (Lipinski definition) is 1. The van der Waals surface area contributed by atoms with Gasteiger partial charge in [0.05, 0.1) is 6.42 Å². The van der Waals surface area contributed by atoms with Gasteiger partial charge in [-0.15, -0.1) is 10.2 Å². The van der Waals surface area contributed by atoms with Crippen LogP contribution in [-0.2, 0) is 31.3 Å². The lowest BCUT2D eigenvalue weighted by Crippen LogP contribution is -2.39. The van der Waals surface area contributed by atoms with Crippen LogP contribution in [0.2, 0.25) is 0 Å². The molecule has 0 unspecified atom stereocenters. The van der Waals surface area contributed by atoms with Crippen LogP contribution in [0.5, 0.6) is 11.5 Å². The zero-order valence-electron chi connectivity index (χ0n) is 15.4. The van der Waals surface area contributed by atoms with E-state index in [-0.39, 0.29) is 19.3 Å². The molecule has 1 saturated heterocycles. The van der Waals surface area contributed by atoms with Crippen molar-refractivity contribution in [2.75, 3.05) is 19.9 Å². The van der Waals surface area contributed by atoms with Crippen molar-refractivity contribution in [2.45, 2.75) is 32.3 Å². The van der Waals surface area contributed by atoms with E-state index in [2.05, 4.69) is 10.2 Å². The van der Waals surface area contributed by atoms with E-state index < -0.39 is 0 Å². The van der Waals surface area contributed by atoms with Crippen LogP contribution < -0.4 is 9.47 Å². The van der Waals surface area contributed by atoms with Crippen molar-refractivity contribution in [1.82, 2.24) is 19.7 Å². The second-order valence-corrected chi connectivity index (χ2v) is 7.14. The molecule has 1 fully saturated rings. The molecule has 0 spiro atoms. The quantitative estimate of drug-likeness (QED) is 0.844. The van der Waals surface area contributed by atoms with Crippen LogP contribution in [0.1, 0.15) is 30.1 Å². The van der Waals surface area contributed by atoms with Gasteiger partial charge in [-0.25, -0.2) is 0 Å². The van der Waals surface area contributed by atoms with E-state index in [1.165, 1.54) is 0 Å². The topological polar surface area (TPSA) is 89.7 Å². The molecule has 1 aromatic heterocycles. The number of nitrogens with zero attached hydrogens (tertiary/aromatic N) is 4. The van der Waals surface area contributed by atoms with Gasteiger partial charge in [0.25, 0.3) is 0 Å². The Morgan fingerprint density at radius 3 is 2.67 bits per heavy atom. The number of benzene rings is 1. The molecule has 27 heavy (non-hydrogen) atoms. The highest BCUT2D eigenvalue weighted by Gasteiger charge is 2.25. The number of rotatable bonds is 5. The van der Waals surface area contributed by atoms with E-state index in [9.17, 15) is 9.90 Å². The fourth-order valence-electron chi connectivity index (χ4n) is 3.70. The molecule has 4 rings (SSSR count). The third kappa shape index (κ3) is 3.75. The lowest BCUT2D eigenvalue weighted by Gasteiger charge is -2.32. The van der Waals surface area contributed by atoms with Crippen LogP contribution in [-0.4, -0.2) is 50.6 Å². The fraction of sp³-hybridized carbons (Fsp3) is 0.526. The molecule has 2 aliphatic heterocycles. The van der Waals surface area contributed by atoms with Crippen molar-refractivity contribution in [2.24, 2.45) is 13.0 Å². The first-order valence-electron chi connectivity index (χ1n) is 9.28. The van der Waals surface area contributed by atoms with Gasteiger partial charge in [-0.1, -0.05) is 6.07 Å². The normalized spacial score (nSPS) is 16.7. The van der Waals surface area contributed by atoms with Gasteiger partial charge in [-0.2, -0.15) is 0 Å². The van der Waals surface area contributed by atoms with Crippen molar-refractivity contribution in [3.8, 4) is 11.5 Å². The summed E-state index contributed by atoms with van der Waals surface area (Å²) in [5.41, 5.74) is 0.946. The average Bonchev–Trinajstić information content (AvgIpc) is 3.28. The predicted molar refractivity (Wildman–Crippen MR) is 96.2 cm³/mol. The molecule has 1 amide bonds. The van der Waals surface area contributed by atoms with Gasteiger partial charge in [-0.05, 0) is 36.5 Å². The van der Waals surface area contributed by atoms with E-state index in [0.717, 1.165) is 49.5 Å². The van der Waals surface area contributed by atoms with Gasteiger partial charge < -0.3 is 24.0 Å². The van der Waals surface area contributed by atoms with Gasteiger partial charge in [0.1, 0.15) is 12.4 Å². The van der Waals surface area contributed by atoms with Crippen molar-refractivity contribution >= 4 is 5.91 Å². The molecule has 144 valence electrons. The van der Waals surface area contributed by atoms with Crippen LogP contribution >= 0.6 is 0 Å². The number of aliphatic hydroxyl groups is 1. The van der Waals surface area contributed by atoms with Crippen molar-refractivity contribution in [3.63, 3.8) is 0 Å². The van der Waals surface area contributed by atoms with E-state index in [1.807, 2.05) is 34.7 Å². The number of amides is 1. The molecule has 0 saturated carbocycles. The fourth-order valence-corrected chi connectivity index (χ4v) is 3.70. The summed E-state index contributed by atoms with van der Waals surface area (Å²) in [5.74, 6) is 3.55. The zero-order chi connectivity index (χ0) is 18.8. The summed E-state index contributed by atoms with van der Waals surface area (Å²) >= 11 is 0. The molecule has 8 heteroatoms. The first-order valence-corrected chi connectivity index (χ1v) is 9.28. The minimum Gasteiger partial charge on any atom is -0.454 e. The van der Waals surface area contributed by atoms with Crippen molar-refractivity contribution < 1.29 is 19.4 Å². The number of ether oxygens (including phenoxy) is 2. The number of piperidine rings is 1. The Kier molecular flexibility index (Phi) is 4.98. The summed E-state index contributed by atoms with van der Waals surface area (Å²) in [7, 11) is 1.88. The lowest BCUT2D eigenvalue weighted by molar-refractivity contribution is -0.131. The molecular formula is C19H24N4O4. The Morgan fingerprint density at radius 1 is 1.19 bits per heavy atom. The Bertz CT molecular complexity index is 827. The average molecular weight is 372 g/mol. The third-order valence-corrected chi connectivity index (χ3v) is 5.43. The highest BCUT2D eigenvalue weighted by molar-refractivity contribution is 5.79. The summed E-state index contributed by atoms with van der Waals surface area (Å²) < 4.78 is 12.5. The van der Waals surface area contributed by atoms with E-state index >= 15 is 0 Å². The summed E-state index contributed by atoms with van der Waals surface area (Å²) in [4.78, 5) is 14.6. The summed E-state index contributed by atoms with van der Waals surface area (Å²) in [6.07, 6.45) is 3.11. The second-order valence-electron chi connectivity index (χ2n) is 7.14. The first kappa shape index (κ1) is 17.8. The third-order valence-electron chi connectivity index (χ3n) is 5.43. The van der Waals surface area contributed by atoms with E-state index in [0.29, 0.717) is 23.9 Å². The Morgan fingerprint density at radius 2 is 1.93 bits per heavy atom. The van der Waals surface area contributed by atoms with Gasteiger partial charge >= 0.3 is 0 Å². The monoisotopic (exact) mass is 372 g/mol. The molecule has 0 aliphatic carbocycles. The summed E-state index contributed by atoms with van der Waals surface area (Å²) in [6, 6.07) is 5.67. The van der Waals surface area contributed by atoms with E-state index in [4.69, 9.17) is 9.47 Å². The minimum absolute atomic E-state index is 0.101. The first-order chi connectivity index (χ1) is 13.1. The summed E-state index contributed by atoms with van der Waals surface area (Å²) in [6.45, 7) is 1.67. The van der Waals surface area contributed by atoms with Gasteiger partial charge in [-0.3, -0.25) is 4.79 Å². The van der Waals surface area contributed by atoms with Gasteiger partial charge in [0.15, 0.2) is 17.3 Å². The molecule has 0 bridgehead atoms. The Labute approximate surface area is 157 Å². The molecule has 8 nitrogen and oxygen atoms in total. The Hall–Kier alpha value is -2.61. The standard InChI is InChI=1S/C19H24N4O4/c1-22-17(20-21-18(22)11-24)9-13-4-6-23(7-5-13)19(25)10-14-2-3-15-16(8-14)27-12-26-15/h2-3,8,13,24H,4-7,9-12H2,1H3. The maximum Gasteiger partial charge on any atom is 0.231 e. The molecule has 0 atom stereocenters. The smallest absolute Gasteiger partial charge is 0.231 e. The highest BCUT2D eigenvalue weighted by Crippen LogP contribution is 2.32. The predicted octanol–water partition coefficient (Wildman–Crippen LogP) is 1.06. The number of fused-ring (bicyclic) bond motifs is 1. The van der Waals surface area contributed by atoms with Gasteiger partial charge in [0, 0.05) is 26.6 Å².